The molecule has 5 rings (SSSR count). The molecule has 0 unspecified atom stereocenters. The number of rotatable bonds is 11. The molecule has 2 heterocycles. The standard InChI is InChI=1S/C36H38FN5O4/c1-3-6-31-36(46)42(32(34(44)38-2)23-25-9-12-26-7-4-5-8-28(26)21-25)20-19-41(31)35(45)30(22-24-10-13-29(37)14-11-24)40-33(43)27-15-17-39-18-16-27/h4-5,7-18,21,30-32H,3,6,19-20,22-23H2,1-2H3,(H,38,44)(H,40,43)/t30-,31+,32+/m1/s1. The Bertz CT molecular complexity index is 1700. The van der Waals surface area contributed by atoms with Crippen LogP contribution in [0.5, 0.6) is 0 Å². The fourth-order valence-corrected chi connectivity index (χ4v) is 6.03. The number of fused-ring (bicyclic) bond motifs is 1. The monoisotopic (exact) mass is 623 g/mol. The number of hydrogen-bond donors (Lipinski definition) is 2. The van der Waals surface area contributed by atoms with Gasteiger partial charge in [0.1, 0.15) is 23.9 Å². The third-order valence-corrected chi connectivity index (χ3v) is 8.44. The molecule has 0 spiro atoms. The zero-order valence-corrected chi connectivity index (χ0v) is 26.0. The minimum Gasteiger partial charge on any atom is -0.357 e. The van der Waals surface area contributed by atoms with E-state index in [1.165, 1.54) is 29.4 Å². The average Bonchev–Trinajstić information content (AvgIpc) is 3.08. The van der Waals surface area contributed by atoms with Gasteiger partial charge in [-0.25, -0.2) is 4.39 Å². The molecule has 3 aromatic carbocycles. The van der Waals surface area contributed by atoms with E-state index in [4.69, 9.17) is 0 Å². The van der Waals surface area contributed by atoms with Crippen molar-refractivity contribution >= 4 is 34.4 Å². The molecule has 1 saturated heterocycles. The molecular formula is C36H38FN5O4. The van der Waals surface area contributed by atoms with E-state index < -0.39 is 35.8 Å². The first kappa shape index (κ1) is 32.3. The number of nitrogens with zero attached hydrogens (tertiary/aromatic N) is 3. The van der Waals surface area contributed by atoms with Crippen LogP contribution in [0.2, 0.25) is 0 Å². The lowest BCUT2D eigenvalue weighted by Gasteiger charge is -2.44. The first-order valence-corrected chi connectivity index (χ1v) is 15.5. The molecule has 0 saturated carbocycles. The lowest BCUT2D eigenvalue weighted by atomic mass is 9.96. The molecule has 1 fully saturated rings. The maximum atomic E-state index is 14.2. The van der Waals surface area contributed by atoms with Crippen molar-refractivity contribution in [3.63, 3.8) is 0 Å². The highest BCUT2D eigenvalue weighted by Crippen LogP contribution is 2.24. The van der Waals surface area contributed by atoms with Crippen LogP contribution in [0.1, 0.15) is 41.3 Å². The lowest BCUT2D eigenvalue weighted by Crippen LogP contribution is -2.65. The zero-order chi connectivity index (χ0) is 32.6. The van der Waals surface area contributed by atoms with Crippen LogP contribution in [0.4, 0.5) is 4.39 Å². The summed E-state index contributed by atoms with van der Waals surface area (Å²) >= 11 is 0. The molecule has 4 amide bonds. The number of amides is 4. The highest BCUT2D eigenvalue weighted by molar-refractivity contribution is 5.99. The van der Waals surface area contributed by atoms with E-state index in [1.54, 1.807) is 36.2 Å². The van der Waals surface area contributed by atoms with E-state index in [-0.39, 0.29) is 31.3 Å². The largest absolute Gasteiger partial charge is 0.357 e. The highest BCUT2D eigenvalue weighted by Gasteiger charge is 2.43. The minimum atomic E-state index is -1.02. The topological polar surface area (TPSA) is 112 Å². The second-order valence-electron chi connectivity index (χ2n) is 11.5. The average molecular weight is 624 g/mol. The van der Waals surface area contributed by atoms with E-state index in [0.29, 0.717) is 30.4 Å². The number of halogens is 1. The first-order chi connectivity index (χ1) is 22.3. The molecule has 1 aliphatic rings. The molecule has 9 nitrogen and oxygen atoms in total. The van der Waals surface area contributed by atoms with Gasteiger partial charge in [0, 0.05) is 50.9 Å². The molecule has 4 aromatic rings. The van der Waals surface area contributed by atoms with Gasteiger partial charge in [-0.2, -0.15) is 0 Å². The minimum absolute atomic E-state index is 0.103. The van der Waals surface area contributed by atoms with E-state index in [0.717, 1.165) is 16.3 Å². The van der Waals surface area contributed by atoms with E-state index in [9.17, 15) is 23.6 Å². The van der Waals surface area contributed by atoms with Crippen molar-refractivity contribution in [2.45, 2.75) is 50.7 Å². The van der Waals surface area contributed by atoms with Crippen molar-refractivity contribution in [2.24, 2.45) is 0 Å². The Labute approximate surface area is 267 Å². The van der Waals surface area contributed by atoms with Crippen LogP contribution in [0.3, 0.4) is 0 Å². The van der Waals surface area contributed by atoms with Crippen LogP contribution in [0.15, 0.2) is 91.3 Å². The summed E-state index contributed by atoms with van der Waals surface area (Å²) in [6.45, 7) is 2.27. The van der Waals surface area contributed by atoms with Gasteiger partial charge in [0.2, 0.25) is 17.7 Å². The highest BCUT2D eigenvalue weighted by atomic mass is 19.1. The lowest BCUT2D eigenvalue weighted by molar-refractivity contribution is -0.156. The van der Waals surface area contributed by atoms with Crippen molar-refractivity contribution in [1.82, 2.24) is 25.4 Å². The van der Waals surface area contributed by atoms with Gasteiger partial charge in [-0.05, 0) is 52.6 Å². The fraction of sp³-hybridized carbons (Fsp3) is 0.306. The summed E-state index contributed by atoms with van der Waals surface area (Å²) in [5.41, 5.74) is 1.91. The number of hydrogen-bond acceptors (Lipinski definition) is 5. The molecule has 238 valence electrons. The van der Waals surface area contributed by atoms with Crippen LogP contribution < -0.4 is 10.6 Å². The van der Waals surface area contributed by atoms with Gasteiger partial charge >= 0.3 is 0 Å². The Morgan fingerprint density at radius 2 is 1.61 bits per heavy atom. The van der Waals surface area contributed by atoms with Gasteiger partial charge in [-0.3, -0.25) is 24.2 Å². The van der Waals surface area contributed by atoms with Gasteiger partial charge in [0.05, 0.1) is 0 Å². The van der Waals surface area contributed by atoms with Gasteiger partial charge in [0.15, 0.2) is 0 Å². The number of pyridine rings is 1. The Kier molecular flexibility index (Phi) is 10.4. The van der Waals surface area contributed by atoms with Crippen LogP contribution in [0, 0.1) is 5.82 Å². The van der Waals surface area contributed by atoms with Gasteiger partial charge in [-0.15, -0.1) is 0 Å². The molecule has 2 N–H and O–H groups in total. The predicted molar refractivity (Wildman–Crippen MR) is 173 cm³/mol. The third kappa shape index (κ3) is 7.39. The number of aromatic nitrogens is 1. The number of carbonyl (C=O) groups is 4. The van der Waals surface area contributed by atoms with Gasteiger partial charge in [0.25, 0.3) is 5.91 Å². The summed E-state index contributed by atoms with van der Waals surface area (Å²) < 4.78 is 13.7. The van der Waals surface area contributed by atoms with E-state index in [1.807, 2.05) is 49.4 Å². The van der Waals surface area contributed by atoms with Crippen molar-refractivity contribution in [3.8, 4) is 0 Å². The molecule has 46 heavy (non-hydrogen) atoms. The molecule has 3 atom stereocenters. The van der Waals surface area contributed by atoms with Crippen molar-refractivity contribution in [1.29, 1.82) is 0 Å². The second kappa shape index (κ2) is 14.8. The first-order valence-electron chi connectivity index (χ1n) is 15.5. The van der Waals surface area contributed by atoms with Gasteiger partial charge in [-0.1, -0.05) is 67.9 Å². The van der Waals surface area contributed by atoms with Gasteiger partial charge < -0.3 is 20.4 Å². The number of benzene rings is 3. The van der Waals surface area contributed by atoms with E-state index in [2.05, 4.69) is 15.6 Å². The molecule has 1 aliphatic heterocycles. The Morgan fingerprint density at radius 3 is 2.30 bits per heavy atom. The maximum absolute atomic E-state index is 14.2. The summed E-state index contributed by atoms with van der Waals surface area (Å²) in [4.78, 5) is 61.9. The summed E-state index contributed by atoms with van der Waals surface area (Å²) in [6.07, 6.45) is 4.40. The van der Waals surface area contributed by atoms with Crippen LogP contribution in [-0.4, -0.2) is 76.7 Å². The molecule has 0 bridgehead atoms. The Balaban J connectivity index is 1.40. The number of likely N-dealkylation sites (N-methyl/N-ethyl adjacent to an activating group) is 1. The van der Waals surface area contributed by atoms with Crippen molar-refractivity contribution in [2.75, 3.05) is 20.1 Å². The second-order valence-corrected chi connectivity index (χ2v) is 11.5. The molecule has 0 aliphatic carbocycles. The SMILES string of the molecule is CCC[C@H]1C(=O)N([C@@H](Cc2ccc3ccccc3c2)C(=O)NC)CCN1C(=O)[C@@H](Cc1ccc(F)cc1)NC(=O)c1ccncc1. The number of nitrogens with one attached hydrogen (secondary N) is 2. The summed E-state index contributed by atoms with van der Waals surface area (Å²) in [5, 5.41) is 7.68. The molecule has 1 aromatic heterocycles. The van der Waals surface area contributed by atoms with Crippen molar-refractivity contribution in [3.05, 3.63) is 114 Å². The zero-order valence-electron chi connectivity index (χ0n) is 26.0. The maximum Gasteiger partial charge on any atom is 0.252 e. The molecule has 10 heteroatoms. The summed E-state index contributed by atoms with van der Waals surface area (Å²) in [7, 11) is 1.55. The normalized spacial score (nSPS) is 16.2. The Morgan fingerprint density at radius 1 is 0.913 bits per heavy atom. The summed E-state index contributed by atoms with van der Waals surface area (Å²) in [5.74, 6) is -1.88. The van der Waals surface area contributed by atoms with Crippen LogP contribution >= 0.6 is 0 Å². The number of carbonyl (C=O) groups excluding carboxylic acids is 4. The molecular weight excluding hydrogens is 585 g/mol. The summed E-state index contributed by atoms with van der Waals surface area (Å²) in [6, 6.07) is 20.2. The van der Waals surface area contributed by atoms with Crippen LogP contribution in [0.25, 0.3) is 10.8 Å². The third-order valence-electron chi connectivity index (χ3n) is 8.44. The smallest absolute Gasteiger partial charge is 0.252 e. The Hall–Kier alpha value is -5.12. The number of piperazine rings is 1. The fourth-order valence-electron chi connectivity index (χ4n) is 6.03. The quantitative estimate of drug-likeness (QED) is 0.263. The van der Waals surface area contributed by atoms with Crippen LogP contribution in [-0.2, 0) is 27.2 Å². The molecule has 0 radical (unpaired) electrons. The predicted octanol–water partition coefficient (Wildman–Crippen LogP) is 3.91. The van der Waals surface area contributed by atoms with E-state index >= 15 is 0 Å². The van der Waals surface area contributed by atoms with Crippen molar-refractivity contribution < 1.29 is 23.6 Å².